The Morgan fingerprint density at radius 2 is 2.10 bits per heavy atom. The van der Waals surface area contributed by atoms with Crippen molar-refractivity contribution in [2.75, 3.05) is 12.5 Å². The highest BCUT2D eigenvalue weighted by Crippen LogP contribution is 2.32. The number of amides is 4. The van der Waals surface area contributed by atoms with Gasteiger partial charge in [0.25, 0.3) is 5.22 Å². The summed E-state index contributed by atoms with van der Waals surface area (Å²) in [5.41, 5.74) is 0.903. The van der Waals surface area contributed by atoms with Crippen molar-refractivity contribution >= 4 is 29.6 Å². The number of nitrogens with zero attached hydrogens (tertiary/aromatic N) is 2. The third-order valence-electron chi connectivity index (χ3n) is 4.91. The monoisotopic (exact) mass is 447 g/mol. The van der Waals surface area contributed by atoms with E-state index in [-0.39, 0.29) is 41.5 Å². The average molecular weight is 447 g/mol. The predicted octanol–water partition coefficient (Wildman–Crippen LogP) is 0.984. The molecule has 2 atom stereocenters. The zero-order valence-corrected chi connectivity index (χ0v) is 17.5. The number of aryl methyl sites for hydroxylation is 1. The number of imide groups is 1. The molecule has 0 spiro atoms. The van der Waals surface area contributed by atoms with Gasteiger partial charge in [0.1, 0.15) is 0 Å². The molecular formula is C19H21N5O6S. The standard InChI is InChI=1S/C19H21N5O6S/c1-10-12(17(26)22-18(27)21-10)3-5-16-23-24-19(30-16)31-8-15(25)20-7-11-2-4-13-14(6-11)29-9-28-13/h2,4,6,10,12H,3,5,7-9H2,1H3,(H,20,25)(H2,21,22,26,27). The van der Waals surface area contributed by atoms with Gasteiger partial charge in [0.05, 0.1) is 11.7 Å². The van der Waals surface area contributed by atoms with Gasteiger partial charge in [-0.1, -0.05) is 17.8 Å². The summed E-state index contributed by atoms with van der Waals surface area (Å²) in [4.78, 5) is 35.3. The quantitative estimate of drug-likeness (QED) is 0.504. The molecule has 3 N–H and O–H groups in total. The van der Waals surface area contributed by atoms with Crippen LogP contribution in [0.25, 0.3) is 0 Å². The van der Waals surface area contributed by atoms with Crippen LogP contribution in [0.3, 0.4) is 0 Å². The number of urea groups is 1. The number of hydrogen-bond donors (Lipinski definition) is 3. The molecule has 2 aliphatic heterocycles. The SMILES string of the molecule is CC1NC(=O)NC(=O)C1CCc1nnc(SCC(=O)NCc2ccc3c(c2)OCO3)o1. The molecule has 2 unspecified atom stereocenters. The molecule has 1 aromatic carbocycles. The van der Waals surface area contributed by atoms with E-state index in [4.69, 9.17) is 13.9 Å². The zero-order chi connectivity index (χ0) is 21.8. The number of hydrogen-bond acceptors (Lipinski definition) is 9. The van der Waals surface area contributed by atoms with Crippen LogP contribution < -0.4 is 25.4 Å². The van der Waals surface area contributed by atoms with Crippen molar-refractivity contribution in [3.05, 3.63) is 29.7 Å². The van der Waals surface area contributed by atoms with Crippen LogP contribution in [-0.2, 0) is 22.6 Å². The highest BCUT2D eigenvalue weighted by Gasteiger charge is 2.32. The van der Waals surface area contributed by atoms with Crippen molar-refractivity contribution in [2.45, 2.75) is 37.6 Å². The number of nitrogens with one attached hydrogen (secondary N) is 3. The molecule has 4 amide bonds. The average Bonchev–Trinajstić information content (AvgIpc) is 3.38. The van der Waals surface area contributed by atoms with Crippen molar-refractivity contribution in [1.82, 2.24) is 26.1 Å². The molecule has 12 heteroatoms. The highest BCUT2D eigenvalue weighted by molar-refractivity contribution is 7.99. The summed E-state index contributed by atoms with van der Waals surface area (Å²) in [6.07, 6.45) is 0.845. The van der Waals surface area contributed by atoms with E-state index >= 15 is 0 Å². The lowest BCUT2D eigenvalue weighted by Crippen LogP contribution is -2.57. The first-order chi connectivity index (χ1) is 15.0. The molecule has 1 fully saturated rings. The van der Waals surface area contributed by atoms with E-state index in [1.165, 1.54) is 0 Å². The molecule has 0 bridgehead atoms. The lowest BCUT2D eigenvalue weighted by molar-refractivity contribution is -0.125. The van der Waals surface area contributed by atoms with Crippen LogP contribution in [0.2, 0.25) is 0 Å². The Balaban J connectivity index is 1.19. The molecule has 31 heavy (non-hydrogen) atoms. The number of thioether (sulfide) groups is 1. The van der Waals surface area contributed by atoms with Gasteiger partial charge in [0.15, 0.2) is 11.5 Å². The molecular weight excluding hydrogens is 426 g/mol. The van der Waals surface area contributed by atoms with Gasteiger partial charge in [-0.25, -0.2) is 4.79 Å². The van der Waals surface area contributed by atoms with E-state index in [0.717, 1.165) is 17.3 Å². The fourth-order valence-electron chi connectivity index (χ4n) is 3.26. The Labute approximate surface area is 181 Å². The molecule has 0 aliphatic carbocycles. The second-order valence-electron chi connectivity index (χ2n) is 7.11. The van der Waals surface area contributed by atoms with Gasteiger partial charge in [-0.3, -0.25) is 14.9 Å². The van der Waals surface area contributed by atoms with Crippen LogP contribution in [0.1, 0.15) is 24.8 Å². The van der Waals surface area contributed by atoms with Crippen molar-refractivity contribution in [1.29, 1.82) is 0 Å². The van der Waals surface area contributed by atoms with E-state index < -0.39 is 6.03 Å². The van der Waals surface area contributed by atoms with E-state index in [1.807, 2.05) is 18.2 Å². The normalized spacial score (nSPS) is 19.6. The van der Waals surface area contributed by atoms with Gasteiger partial charge >= 0.3 is 6.03 Å². The van der Waals surface area contributed by atoms with Crippen LogP contribution in [0, 0.1) is 5.92 Å². The van der Waals surface area contributed by atoms with Gasteiger partial charge in [0.2, 0.25) is 24.5 Å². The molecule has 164 valence electrons. The molecule has 3 heterocycles. The van der Waals surface area contributed by atoms with Gasteiger partial charge in [0, 0.05) is 19.0 Å². The lowest BCUT2D eigenvalue weighted by atomic mass is 9.93. The minimum atomic E-state index is -0.484. The summed E-state index contributed by atoms with van der Waals surface area (Å²) in [5, 5.41) is 15.9. The molecule has 1 aromatic heterocycles. The number of benzene rings is 1. The number of aromatic nitrogens is 2. The predicted molar refractivity (Wildman–Crippen MR) is 107 cm³/mol. The molecule has 11 nitrogen and oxygen atoms in total. The second kappa shape index (κ2) is 9.25. The maximum absolute atomic E-state index is 12.1. The first-order valence-corrected chi connectivity index (χ1v) is 10.7. The van der Waals surface area contributed by atoms with Gasteiger partial charge in [-0.15, -0.1) is 10.2 Å². The number of carbonyl (C=O) groups is 3. The first-order valence-electron chi connectivity index (χ1n) is 9.69. The van der Waals surface area contributed by atoms with E-state index in [0.29, 0.717) is 36.8 Å². The number of rotatable bonds is 8. The van der Waals surface area contributed by atoms with E-state index in [2.05, 4.69) is 26.1 Å². The van der Waals surface area contributed by atoms with Crippen LogP contribution in [0.5, 0.6) is 11.5 Å². The molecule has 4 rings (SSSR count). The van der Waals surface area contributed by atoms with Gasteiger partial charge < -0.3 is 24.5 Å². The highest BCUT2D eigenvalue weighted by atomic mass is 32.2. The molecule has 0 saturated carbocycles. The number of fused-ring (bicyclic) bond motifs is 1. The van der Waals surface area contributed by atoms with Crippen molar-refractivity contribution in [3.63, 3.8) is 0 Å². The summed E-state index contributed by atoms with van der Waals surface area (Å²) < 4.78 is 16.1. The largest absolute Gasteiger partial charge is 0.454 e. The number of carbonyl (C=O) groups excluding carboxylic acids is 3. The molecule has 1 saturated heterocycles. The zero-order valence-electron chi connectivity index (χ0n) is 16.7. The first kappa shape index (κ1) is 21.0. The molecule has 0 radical (unpaired) electrons. The molecule has 2 aliphatic rings. The van der Waals surface area contributed by atoms with Crippen molar-refractivity contribution in [2.24, 2.45) is 5.92 Å². The Bertz CT molecular complexity index is 996. The van der Waals surface area contributed by atoms with Crippen LogP contribution in [0.4, 0.5) is 4.79 Å². The summed E-state index contributed by atoms with van der Waals surface area (Å²) >= 11 is 1.13. The minimum Gasteiger partial charge on any atom is -0.454 e. The Hall–Kier alpha value is -3.28. The van der Waals surface area contributed by atoms with Crippen LogP contribution in [-0.4, -0.2) is 46.6 Å². The third kappa shape index (κ3) is 5.26. The van der Waals surface area contributed by atoms with E-state index in [1.54, 1.807) is 6.92 Å². The van der Waals surface area contributed by atoms with Crippen LogP contribution >= 0.6 is 11.8 Å². The summed E-state index contributed by atoms with van der Waals surface area (Å²) in [7, 11) is 0. The topological polar surface area (TPSA) is 145 Å². The Kier molecular flexibility index (Phi) is 6.26. The minimum absolute atomic E-state index is 0.125. The number of ether oxygens (including phenoxy) is 2. The maximum Gasteiger partial charge on any atom is 0.321 e. The van der Waals surface area contributed by atoms with Crippen LogP contribution in [0.15, 0.2) is 27.8 Å². The molecule has 2 aromatic rings. The van der Waals surface area contributed by atoms with Crippen molar-refractivity contribution < 1.29 is 28.3 Å². The van der Waals surface area contributed by atoms with Gasteiger partial charge in [-0.05, 0) is 31.0 Å². The fraction of sp³-hybridized carbons (Fsp3) is 0.421. The maximum atomic E-state index is 12.1. The summed E-state index contributed by atoms with van der Waals surface area (Å²) in [6, 6.07) is 4.75. The Morgan fingerprint density at radius 1 is 1.26 bits per heavy atom. The third-order valence-corrected chi connectivity index (χ3v) is 5.73. The van der Waals surface area contributed by atoms with Crippen molar-refractivity contribution in [3.8, 4) is 11.5 Å². The fourth-order valence-corrected chi connectivity index (χ4v) is 3.87. The van der Waals surface area contributed by atoms with Gasteiger partial charge in [-0.2, -0.15) is 0 Å². The summed E-state index contributed by atoms with van der Waals surface area (Å²) in [6.45, 7) is 2.35. The summed E-state index contributed by atoms with van der Waals surface area (Å²) in [5.74, 6) is 1.00. The Morgan fingerprint density at radius 3 is 2.94 bits per heavy atom. The van der Waals surface area contributed by atoms with E-state index in [9.17, 15) is 14.4 Å². The lowest BCUT2D eigenvalue weighted by Gasteiger charge is -2.28. The second-order valence-corrected chi connectivity index (χ2v) is 8.04. The smallest absolute Gasteiger partial charge is 0.321 e.